The molecule has 2 unspecified atom stereocenters. The van der Waals surface area contributed by atoms with E-state index in [1.54, 1.807) is 0 Å². The van der Waals surface area contributed by atoms with Gasteiger partial charge >= 0.3 is 0 Å². The minimum Gasteiger partial charge on any atom is -0.299 e. The van der Waals surface area contributed by atoms with Crippen LogP contribution >= 0.6 is 0 Å². The molecule has 25 heavy (non-hydrogen) atoms. The quantitative estimate of drug-likeness (QED) is 0.823. The molecule has 0 bridgehead atoms. The van der Waals surface area contributed by atoms with Crippen LogP contribution in [-0.2, 0) is 30.1 Å². The molecule has 0 saturated heterocycles. The van der Waals surface area contributed by atoms with Crippen LogP contribution in [0.4, 0.5) is 0 Å². The summed E-state index contributed by atoms with van der Waals surface area (Å²) in [5.41, 5.74) is 5.17. The zero-order chi connectivity index (χ0) is 17.8. The minimum absolute atomic E-state index is 0.0255. The summed E-state index contributed by atoms with van der Waals surface area (Å²) in [6.45, 7) is 6.65. The predicted molar refractivity (Wildman–Crippen MR) is 99.6 cm³/mol. The van der Waals surface area contributed by atoms with Gasteiger partial charge in [0.2, 0.25) is 0 Å². The fourth-order valence-electron chi connectivity index (χ4n) is 5.45. The number of rotatable bonds is 2. The zero-order valence-electron chi connectivity index (χ0n) is 15.8. The van der Waals surface area contributed by atoms with Crippen molar-refractivity contribution in [3.63, 3.8) is 0 Å². The summed E-state index contributed by atoms with van der Waals surface area (Å²) in [6, 6.07) is 10.6. The van der Waals surface area contributed by atoms with Crippen LogP contribution in [0.1, 0.15) is 62.5 Å². The molecule has 1 aromatic heterocycles. The molecule has 2 aliphatic carbocycles. The molecule has 4 rings (SSSR count). The first-order chi connectivity index (χ1) is 11.8. The van der Waals surface area contributed by atoms with E-state index >= 15 is 0 Å². The standard InChI is InChI=1S/C22H28N2O/c1-21(2)18-11-10-16-17(14-15-8-6-5-7-9-15)24(4)23-20(16)22(18,3)13-12-19(21)25/h5-9,18H,10-14H2,1-4H3. The highest BCUT2D eigenvalue weighted by molar-refractivity contribution is 5.86. The maximum atomic E-state index is 12.5. The Morgan fingerprint density at radius 2 is 1.88 bits per heavy atom. The summed E-state index contributed by atoms with van der Waals surface area (Å²) in [4.78, 5) is 12.5. The van der Waals surface area contributed by atoms with E-state index in [1.807, 2.05) is 0 Å². The summed E-state index contributed by atoms with van der Waals surface area (Å²) in [5, 5.41) is 5.00. The van der Waals surface area contributed by atoms with Gasteiger partial charge in [0.1, 0.15) is 5.78 Å². The Hall–Kier alpha value is -1.90. The summed E-state index contributed by atoms with van der Waals surface area (Å²) >= 11 is 0. The lowest BCUT2D eigenvalue weighted by atomic mass is 9.51. The van der Waals surface area contributed by atoms with Gasteiger partial charge in [0.25, 0.3) is 0 Å². The van der Waals surface area contributed by atoms with Crippen molar-refractivity contribution < 1.29 is 4.79 Å². The Balaban J connectivity index is 1.77. The van der Waals surface area contributed by atoms with E-state index in [-0.39, 0.29) is 10.8 Å². The Morgan fingerprint density at radius 1 is 1.16 bits per heavy atom. The summed E-state index contributed by atoms with van der Waals surface area (Å²) < 4.78 is 2.09. The van der Waals surface area contributed by atoms with E-state index in [2.05, 4.69) is 62.8 Å². The van der Waals surface area contributed by atoms with Gasteiger partial charge in [-0.1, -0.05) is 51.1 Å². The third-order valence-electron chi connectivity index (χ3n) is 6.94. The molecular weight excluding hydrogens is 308 g/mol. The van der Waals surface area contributed by atoms with Crippen molar-refractivity contribution in [1.82, 2.24) is 9.78 Å². The number of fused-ring (bicyclic) bond motifs is 3. The Morgan fingerprint density at radius 3 is 2.60 bits per heavy atom. The van der Waals surface area contributed by atoms with E-state index in [4.69, 9.17) is 5.10 Å². The average Bonchev–Trinajstić information content (AvgIpc) is 2.90. The first kappa shape index (κ1) is 16.6. The second kappa shape index (κ2) is 5.55. The molecule has 2 aliphatic rings. The second-order valence-electron chi connectivity index (χ2n) is 8.71. The Bertz CT molecular complexity index is 818. The molecule has 0 amide bonds. The average molecular weight is 336 g/mol. The molecule has 3 heteroatoms. The fraction of sp³-hybridized carbons (Fsp3) is 0.545. The monoisotopic (exact) mass is 336 g/mol. The lowest BCUT2D eigenvalue weighted by molar-refractivity contribution is -0.137. The first-order valence-electron chi connectivity index (χ1n) is 9.46. The maximum absolute atomic E-state index is 12.5. The van der Waals surface area contributed by atoms with Gasteiger partial charge < -0.3 is 0 Å². The number of Topliss-reactive ketones (excluding diaryl/α,β-unsaturated/α-hetero) is 1. The summed E-state index contributed by atoms with van der Waals surface area (Å²) in [5.74, 6) is 0.826. The van der Waals surface area contributed by atoms with Gasteiger partial charge in [-0.3, -0.25) is 9.48 Å². The van der Waals surface area contributed by atoms with Crippen LogP contribution in [-0.4, -0.2) is 15.6 Å². The van der Waals surface area contributed by atoms with Crippen LogP contribution in [0.5, 0.6) is 0 Å². The van der Waals surface area contributed by atoms with Gasteiger partial charge in [0.05, 0.1) is 5.69 Å². The van der Waals surface area contributed by atoms with Crippen molar-refractivity contribution in [2.45, 2.75) is 58.3 Å². The first-order valence-corrected chi connectivity index (χ1v) is 9.46. The topological polar surface area (TPSA) is 34.9 Å². The molecule has 0 spiro atoms. The molecular formula is C22H28N2O. The number of hydrogen-bond acceptors (Lipinski definition) is 2. The van der Waals surface area contributed by atoms with Crippen molar-refractivity contribution in [2.75, 3.05) is 0 Å². The maximum Gasteiger partial charge on any atom is 0.138 e. The van der Waals surface area contributed by atoms with Gasteiger partial charge in [0, 0.05) is 36.4 Å². The van der Waals surface area contributed by atoms with Crippen LogP contribution in [0, 0.1) is 11.3 Å². The highest BCUT2D eigenvalue weighted by Crippen LogP contribution is 2.55. The number of aryl methyl sites for hydroxylation is 1. The van der Waals surface area contributed by atoms with Gasteiger partial charge in [0.15, 0.2) is 0 Å². The van der Waals surface area contributed by atoms with E-state index < -0.39 is 0 Å². The van der Waals surface area contributed by atoms with Crippen molar-refractivity contribution >= 4 is 5.78 Å². The fourth-order valence-corrected chi connectivity index (χ4v) is 5.45. The molecule has 3 nitrogen and oxygen atoms in total. The number of hydrogen-bond donors (Lipinski definition) is 0. The van der Waals surface area contributed by atoms with Crippen molar-refractivity contribution in [3.8, 4) is 0 Å². The predicted octanol–water partition coefficient (Wildman–Crippen LogP) is 4.22. The van der Waals surface area contributed by atoms with Gasteiger partial charge in [-0.05, 0) is 36.3 Å². The second-order valence-corrected chi connectivity index (χ2v) is 8.71. The SMILES string of the molecule is Cn1nc2c(c1Cc1ccccc1)CCC1C(C)(C)C(=O)CCC21C. The third-order valence-corrected chi connectivity index (χ3v) is 6.94. The van der Waals surface area contributed by atoms with Crippen molar-refractivity contribution in [3.05, 3.63) is 52.8 Å². The van der Waals surface area contributed by atoms with Crippen molar-refractivity contribution in [2.24, 2.45) is 18.4 Å². The molecule has 1 aromatic carbocycles. The highest BCUT2D eigenvalue weighted by atomic mass is 16.1. The normalized spacial score (nSPS) is 27.7. The van der Waals surface area contributed by atoms with Gasteiger partial charge in [-0.25, -0.2) is 0 Å². The summed E-state index contributed by atoms with van der Waals surface area (Å²) in [7, 11) is 2.08. The molecule has 2 atom stereocenters. The van der Waals surface area contributed by atoms with Crippen LogP contribution in [0.2, 0.25) is 0 Å². The molecule has 2 aromatic rings. The minimum atomic E-state index is -0.234. The lowest BCUT2D eigenvalue weighted by Gasteiger charge is -2.51. The van der Waals surface area contributed by atoms with Crippen LogP contribution in [0.3, 0.4) is 0 Å². The molecule has 1 saturated carbocycles. The van der Waals surface area contributed by atoms with Crippen molar-refractivity contribution in [1.29, 1.82) is 0 Å². The Kier molecular flexibility index (Phi) is 3.68. The molecule has 132 valence electrons. The molecule has 1 heterocycles. The largest absolute Gasteiger partial charge is 0.299 e. The number of benzene rings is 1. The Labute approximate surface area is 150 Å². The van der Waals surface area contributed by atoms with Gasteiger partial charge in [-0.2, -0.15) is 5.10 Å². The van der Waals surface area contributed by atoms with Crippen LogP contribution in [0.25, 0.3) is 0 Å². The number of ketones is 1. The molecule has 0 radical (unpaired) electrons. The number of aromatic nitrogens is 2. The number of nitrogens with zero attached hydrogens (tertiary/aromatic N) is 2. The summed E-state index contributed by atoms with van der Waals surface area (Å²) in [6.07, 6.45) is 4.69. The smallest absolute Gasteiger partial charge is 0.138 e. The highest BCUT2D eigenvalue weighted by Gasteiger charge is 2.55. The molecule has 0 aliphatic heterocycles. The molecule has 1 fully saturated rings. The lowest BCUT2D eigenvalue weighted by Crippen LogP contribution is -2.52. The van der Waals surface area contributed by atoms with Crippen LogP contribution in [0.15, 0.2) is 30.3 Å². The number of carbonyl (C=O) groups is 1. The van der Waals surface area contributed by atoms with Crippen LogP contribution < -0.4 is 0 Å². The van der Waals surface area contributed by atoms with E-state index in [0.29, 0.717) is 18.1 Å². The van der Waals surface area contributed by atoms with E-state index in [0.717, 1.165) is 25.7 Å². The zero-order valence-corrected chi connectivity index (χ0v) is 15.8. The van der Waals surface area contributed by atoms with E-state index in [9.17, 15) is 4.79 Å². The van der Waals surface area contributed by atoms with E-state index in [1.165, 1.54) is 22.5 Å². The third kappa shape index (κ3) is 2.39. The number of carbonyl (C=O) groups excluding carboxylic acids is 1. The van der Waals surface area contributed by atoms with Gasteiger partial charge in [-0.15, -0.1) is 0 Å². The molecule has 0 N–H and O–H groups in total.